The average molecular weight is 422 g/mol. The maximum atomic E-state index is 12.9. The zero-order chi connectivity index (χ0) is 16.9. The van der Waals surface area contributed by atoms with Gasteiger partial charge in [0.05, 0.1) is 5.69 Å². The van der Waals surface area contributed by atoms with Gasteiger partial charge in [-0.25, -0.2) is 9.37 Å². The number of thiazole rings is 1. The minimum atomic E-state index is -0.302. The van der Waals surface area contributed by atoms with Crippen LogP contribution < -0.4 is 15.4 Å². The number of carbonyl (C=O) groups is 1. The molecule has 2 N–H and O–H groups in total. The van der Waals surface area contributed by atoms with Gasteiger partial charge < -0.3 is 15.4 Å². The SMILES string of the molecule is Cc1nc(COc2ccc(F)cc2)sc1C(=O)NC1CCNCC1.Cl.Cl. The molecule has 0 atom stereocenters. The van der Waals surface area contributed by atoms with Gasteiger partial charge in [-0.15, -0.1) is 36.2 Å². The summed E-state index contributed by atoms with van der Waals surface area (Å²) in [4.78, 5) is 17.4. The Hall–Kier alpha value is -1.41. The summed E-state index contributed by atoms with van der Waals surface area (Å²) in [6.45, 7) is 3.96. The Balaban J connectivity index is 0.00000169. The van der Waals surface area contributed by atoms with Gasteiger partial charge in [-0.2, -0.15) is 0 Å². The molecule has 1 fully saturated rings. The topological polar surface area (TPSA) is 63.2 Å². The molecule has 2 heterocycles. The number of nitrogens with zero attached hydrogens (tertiary/aromatic N) is 1. The highest BCUT2D eigenvalue weighted by atomic mass is 35.5. The van der Waals surface area contributed by atoms with Crippen molar-refractivity contribution in [2.24, 2.45) is 0 Å². The standard InChI is InChI=1S/C17H20FN3O2S.2ClH/c1-11-16(17(22)21-13-6-8-19-9-7-13)24-15(20-11)10-23-14-4-2-12(18)3-5-14;;/h2-5,13,19H,6-10H2,1H3,(H,21,22);2*1H. The van der Waals surface area contributed by atoms with Gasteiger partial charge in [-0.05, 0) is 57.1 Å². The van der Waals surface area contributed by atoms with Crippen molar-refractivity contribution in [2.75, 3.05) is 13.1 Å². The summed E-state index contributed by atoms with van der Waals surface area (Å²) in [6, 6.07) is 6.06. The molecule has 1 amide bonds. The second kappa shape index (κ2) is 10.7. The molecular formula is C17H22Cl2FN3O2S. The lowest BCUT2D eigenvalue weighted by Gasteiger charge is -2.23. The number of hydrogen-bond acceptors (Lipinski definition) is 5. The Morgan fingerprint density at radius 3 is 2.62 bits per heavy atom. The second-order valence-corrected chi connectivity index (χ2v) is 6.85. The van der Waals surface area contributed by atoms with E-state index in [4.69, 9.17) is 4.74 Å². The highest BCUT2D eigenvalue weighted by Gasteiger charge is 2.20. The molecule has 0 bridgehead atoms. The first-order valence-electron chi connectivity index (χ1n) is 7.98. The molecule has 9 heteroatoms. The van der Waals surface area contributed by atoms with E-state index in [0.29, 0.717) is 16.3 Å². The summed E-state index contributed by atoms with van der Waals surface area (Å²) in [6.07, 6.45) is 1.90. The average Bonchev–Trinajstić information content (AvgIpc) is 2.96. The molecule has 0 spiro atoms. The number of hydrogen-bond donors (Lipinski definition) is 2. The van der Waals surface area contributed by atoms with Crippen molar-refractivity contribution in [3.63, 3.8) is 0 Å². The molecule has 3 rings (SSSR count). The van der Waals surface area contributed by atoms with Crippen LogP contribution in [0, 0.1) is 12.7 Å². The maximum absolute atomic E-state index is 12.9. The summed E-state index contributed by atoms with van der Waals surface area (Å²) >= 11 is 1.34. The summed E-state index contributed by atoms with van der Waals surface area (Å²) in [5, 5.41) is 7.09. The van der Waals surface area contributed by atoms with Crippen molar-refractivity contribution in [3.05, 3.63) is 45.7 Å². The smallest absolute Gasteiger partial charge is 0.263 e. The minimum absolute atomic E-state index is 0. The molecule has 0 radical (unpaired) electrons. The van der Waals surface area contributed by atoms with Crippen LogP contribution >= 0.6 is 36.2 Å². The Labute approximate surface area is 168 Å². The third kappa shape index (κ3) is 6.09. The van der Waals surface area contributed by atoms with E-state index < -0.39 is 0 Å². The Kier molecular flexibility index (Phi) is 9.29. The predicted octanol–water partition coefficient (Wildman–Crippen LogP) is 3.50. The van der Waals surface area contributed by atoms with Gasteiger partial charge in [0.2, 0.25) is 0 Å². The number of ether oxygens (including phenoxy) is 1. The number of aromatic nitrogens is 1. The largest absolute Gasteiger partial charge is 0.486 e. The summed E-state index contributed by atoms with van der Waals surface area (Å²) in [5.74, 6) is 0.208. The molecule has 1 aromatic carbocycles. The first kappa shape index (κ1) is 22.6. The number of halogens is 3. The summed E-state index contributed by atoms with van der Waals surface area (Å²) in [7, 11) is 0. The number of nitrogens with one attached hydrogen (secondary N) is 2. The van der Waals surface area contributed by atoms with Gasteiger partial charge in [0.25, 0.3) is 5.91 Å². The fourth-order valence-electron chi connectivity index (χ4n) is 2.62. The highest BCUT2D eigenvalue weighted by molar-refractivity contribution is 7.13. The Bertz CT molecular complexity index is 707. The molecule has 0 saturated carbocycles. The van der Waals surface area contributed by atoms with Gasteiger partial charge in [0.15, 0.2) is 0 Å². The van der Waals surface area contributed by atoms with Gasteiger partial charge in [-0.3, -0.25) is 4.79 Å². The van der Waals surface area contributed by atoms with E-state index in [1.165, 1.54) is 23.5 Å². The van der Waals surface area contributed by atoms with Crippen molar-refractivity contribution in [2.45, 2.75) is 32.4 Å². The molecule has 2 aromatic rings. The van der Waals surface area contributed by atoms with Crippen molar-refractivity contribution < 1.29 is 13.9 Å². The first-order valence-corrected chi connectivity index (χ1v) is 8.80. The zero-order valence-electron chi connectivity index (χ0n) is 14.3. The molecule has 1 saturated heterocycles. The lowest BCUT2D eigenvalue weighted by Crippen LogP contribution is -2.42. The van der Waals surface area contributed by atoms with E-state index in [-0.39, 0.29) is 49.2 Å². The third-order valence-electron chi connectivity index (χ3n) is 3.90. The first-order chi connectivity index (χ1) is 11.6. The van der Waals surface area contributed by atoms with E-state index in [1.54, 1.807) is 12.1 Å². The maximum Gasteiger partial charge on any atom is 0.263 e. The third-order valence-corrected chi connectivity index (χ3v) is 5.03. The quantitative estimate of drug-likeness (QED) is 0.775. The van der Waals surface area contributed by atoms with Crippen LogP contribution in [0.3, 0.4) is 0 Å². The van der Waals surface area contributed by atoms with Crippen molar-refractivity contribution in [1.29, 1.82) is 0 Å². The lowest BCUT2D eigenvalue weighted by molar-refractivity contribution is 0.0933. The van der Waals surface area contributed by atoms with E-state index in [9.17, 15) is 9.18 Å². The Morgan fingerprint density at radius 1 is 1.31 bits per heavy atom. The lowest BCUT2D eigenvalue weighted by atomic mass is 10.1. The number of amides is 1. The fourth-order valence-corrected chi connectivity index (χ4v) is 3.50. The summed E-state index contributed by atoms with van der Waals surface area (Å²) < 4.78 is 18.5. The van der Waals surface area contributed by atoms with E-state index >= 15 is 0 Å². The number of piperidine rings is 1. The second-order valence-electron chi connectivity index (χ2n) is 5.76. The van der Waals surface area contributed by atoms with Crippen LogP contribution in [0.5, 0.6) is 5.75 Å². The highest BCUT2D eigenvalue weighted by Crippen LogP contribution is 2.21. The molecule has 0 aliphatic carbocycles. The van der Waals surface area contributed by atoms with Crippen LogP contribution in [0.15, 0.2) is 24.3 Å². The molecule has 5 nitrogen and oxygen atoms in total. The van der Waals surface area contributed by atoms with Gasteiger partial charge >= 0.3 is 0 Å². The summed E-state index contributed by atoms with van der Waals surface area (Å²) in [5.41, 5.74) is 0.712. The van der Waals surface area contributed by atoms with Gasteiger partial charge in [-0.1, -0.05) is 0 Å². The molecular weight excluding hydrogens is 400 g/mol. The van der Waals surface area contributed by atoms with Crippen LogP contribution in [0.1, 0.15) is 33.2 Å². The van der Waals surface area contributed by atoms with E-state index in [2.05, 4.69) is 15.6 Å². The van der Waals surface area contributed by atoms with Gasteiger partial charge in [0.1, 0.15) is 28.1 Å². The zero-order valence-corrected chi connectivity index (χ0v) is 16.7. The number of benzene rings is 1. The molecule has 0 unspecified atom stereocenters. The normalized spacial score (nSPS) is 14.1. The molecule has 144 valence electrons. The Morgan fingerprint density at radius 2 is 1.96 bits per heavy atom. The molecule has 26 heavy (non-hydrogen) atoms. The van der Waals surface area contributed by atoms with Crippen molar-refractivity contribution in [1.82, 2.24) is 15.6 Å². The number of carbonyl (C=O) groups excluding carboxylic acids is 1. The van der Waals surface area contributed by atoms with Crippen LogP contribution in [0.2, 0.25) is 0 Å². The van der Waals surface area contributed by atoms with Crippen LogP contribution in [-0.2, 0) is 6.61 Å². The van der Waals surface area contributed by atoms with Crippen molar-refractivity contribution >= 4 is 42.1 Å². The van der Waals surface area contributed by atoms with Crippen LogP contribution in [0.25, 0.3) is 0 Å². The van der Waals surface area contributed by atoms with Crippen LogP contribution in [0.4, 0.5) is 4.39 Å². The number of aryl methyl sites for hydroxylation is 1. The molecule has 1 aliphatic rings. The monoisotopic (exact) mass is 421 g/mol. The predicted molar refractivity (Wildman–Crippen MR) is 105 cm³/mol. The van der Waals surface area contributed by atoms with Gasteiger partial charge in [0, 0.05) is 6.04 Å². The van der Waals surface area contributed by atoms with Crippen LogP contribution in [-0.4, -0.2) is 30.0 Å². The molecule has 1 aromatic heterocycles. The number of rotatable bonds is 5. The fraction of sp³-hybridized carbons (Fsp3) is 0.412. The van der Waals surface area contributed by atoms with E-state index in [1.807, 2.05) is 6.92 Å². The minimum Gasteiger partial charge on any atom is -0.486 e. The van der Waals surface area contributed by atoms with Crippen molar-refractivity contribution in [3.8, 4) is 5.75 Å². The van der Waals surface area contributed by atoms with E-state index in [0.717, 1.165) is 30.9 Å². The molecule has 1 aliphatic heterocycles.